The number of aryl methyl sites for hydroxylation is 1. The van der Waals surface area contributed by atoms with Gasteiger partial charge in [-0.1, -0.05) is 12.1 Å². The summed E-state index contributed by atoms with van der Waals surface area (Å²) < 4.78 is 15.1. The number of tetrazole rings is 1. The second kappa shape index (κ2) is 5.36. The van der Waals surface area contributed by atoms with Gasteiger partial charge in [0.25, 0.3) is 0 Å². The Labute approximate surface area is 124 Å². The summed E-state index contributed by atoms with van der Waals surface area (Å²) in [6, 6.07) is 9.40. The number of carboxylic acids is 1. The van der Waals surface area contributed by atoms with Crippen LogP contribution in [0.15, 0.2) is 42.7 Å². The first kappa shape index (κ1) is 13.9. The smallest absolute Gasteiger partial charge is 0.335 e. The van der Waals surface area contributed by atoms with Gasteiger partial charge in [-0.2, -0.15) is 0 Å². The molecule has 110 valence electrons. The number of benzene rings is 2. The fourth-order valence-corrected chi connectivity index (χ4v) is 2.09. The number of rotatable bonds is 3. The van der Waals surface area contributed by atoms with E-state index in [0.29, 0.717) is 22.4 Å². The average Bonchev–Trinajstić information content (AvgIpc) is 3.04. The number of carboxylic acid groups (broad SMARTS) is 1. The molecule has 0 bridgehead atoms. The van der Waals surface area contributed by atoms with Crippen LogP contribution in [0.25, 0.3) is 16.8 Å². The molecule has 0 aliphatic carbocycles. The molecule has 7 heteroatoms. The molecule has 0 fully saturated rings. The minimum Gasteiger partial charge on any atom is -0.478 e. The second-order valence-electron chi connectivity index (χ2n) is 4.79. The van der Waals surface area contributed by atoms with Crippen LogP contribution in [-0.4, -0.2) is 31.3 Å². The minimum absolute atomic E-state index is 0.0731. The fraction of sp³-hybridized carbons (Fsp3) is 0.0667. The van der Waals surface area contributed by atoms with Gasteiger partial charge in [0.2, 0.25) is 0 Å². The number of aromatic nitrogens is 4. The van der Waals surface area contributed by atoms with Gasteiger partial charge in [-0.05, 0) is 58.3 Å². The molecular weight excluding hydrogens is 287 g/mol. The highest BCUT2D eigenvalue weighted by Gasteiger charge is 2.11. The van der Waals surface area contributed by atoms with Crippen LogP contribution in [0, 0.1) is 12.7 Å². The van der Waals surface area contributed by atoms with E-state index in [9.17, 15) is 14.3 Å². The molecule has 6 nitrogen and oxygen atoms in total. The van der Waals surface area contributed by atoms with E-state index in [2.05, 4.69) is 15.5 Å². The third kappa shape index (κ3) is 2.56. The molecule has 3 rings (SSSR count). The predicted octanol–water partition coefficient (Wildman–Crippen LogP) is 2.48. The number of nitrogens with zero attached hydrogens (tertiary/aromatic N) is 4. The standard InChI is InChI=1S/C15H11FN4O2/c1-9-2-3-10(7-14(9)16)11-4-12(15(21)22)6-13(5-11)20-8-17-18-19-20/h2-8H,1H3,(H,21,22). The van der Waals surface area contributed by atoms with Crippen molar-refractivity contribution in [2.45, 2.75) is 6.92 Å². The number of aromatic carboxylic acids is 1. The summed E-state index contributed by atoms with van der Waals surface area (Å²) in [7, 11) is 0. The summed E-state index contributed by atoms with van der Waals surface area (Å²) in [5.41, 5.74) is 2.24. The van der Waals surface area contributed by atoms with Crippen LogP contribution in [-0.2, 0) is 0 Å². The van der Waals surface area contributed by atoms with Gasteiger partial charge >= 0.3 is 5.97 Å². The molecule has 0 amide bonds. The van der Waals surface area contributed by atoms with Crippen molar-refractivity contribution in [3.05, 3.63) is 59.7 Å². The summed E-state index contributed by atoms with van der Waals surface area (Å²) in [6.45, 7) is 1.67. The van der Waals surface area contributed by atoms with E-state index in [1.54, 1.807) is 25.1 Å². The highest BCUT2D eigenvalue weighted by Crippen LogP contribution is 2.25. The Hall–Kier alpha value is -3.09. The van der Waals surface area contributed by atoms with Crippen molar-refractivity contribution in [2.24, 2.45) is 0 Å². The van der Waals surface area contributed by atoms with E-state index < -0.39 is 5.97 Å². The Morgan fingerprint density at radius 2 is 2.00 bits per heavy atom. The van der Waals surface area contributed by atoms with Crippen molar-refractivity contribution in [1.29, 1.82) is 0 Å². The third-order valence-electron chi connectivity index (χ3n) is 3.28. The van der Waals surface area contributed by atoms with Crippen LogP contribution in [0.2, 0.25) is 0 Å². The normalized spacial score (nSPS) is 10.6. The highest BCUT2D eigenvalue weighted by molar-refractivity contribution is 5.90. The fourth-order valence-electron chi connectivity index (χ4n) is 2.09. The lowest BCUT2D eigenvalue weighted by molar-refractivity contribution is 0.0697. The zero-order valence-electron chi connectivity index (χ0n) is 11.6. The zero-order chi connectivity index (χ0) is 15.7. The molecule has 22 heavy (non-hydrogen) atoms. The van der Waals surface area contributed by atoms with Crippen molar-refractivity contribution >= 4 is 5.97 Å². The van der Waals surface area contributed by atoms with Gasteiger partial charge in [0.1, 0.15) is 12.1 Å². The first-order valence-electron chi connectivity index (χ1n) is 6.43. The molecule has 0 spiro atoms. The lowest BCUT2D eigenvalue weighted by atomic mass is 10.0. The molecule has 1 N–H and O–H groups in total. The van der Waals surface area contributed by atoms with Gasteiger partial charge < -0.3 is 5.11 Å². The Morgan fingerprint density at radius 1 is 1.18 bits per heavy atom. The lowest BCUT2D eigenvalue weighted by Crippen LogP contribution is -2.02. The maximum atomic E-state index is 13.7. The van der Waals surface area contributed by atoms with E-state index in [-0.39, 0.29) is 11.4 Å². The molecule has 0 atom stereocenters. The molecule has 1 heterocycles. The van der Waals surface area contributed by atoms with Gasteiger partial charge in [0, 0.05) is 0 Å². The molecular formula is C15H11FN4O2. The van der Waals surface area contributed by atoms with Gasteiger partial charge in [0.15, 0.2) is 0 Å². The van der Waals surface area contributed by atoms with Crippen molar-refractivity contribution in [3.8, 4) is 16.8 Å². The topological polar surface area (TPSA) is 80.9 Å². The third-order valence-corrected chi connectivity index (χ3v) is 3.28. The zero-order valence-corrected chi connectivity index (χ0v) is 11.6. The van der Waals surface area contributed by atoms with E-state index in [1.165, 1.54) is 29.2 Å². The first-order valence-corrected chi connectivity index (χ1v) is 6.43. The Morgan fingerprint density at radius 3 is 2.64 bits per heavy atom. The molecule has 0 aliphatic heterocycles. The minimum atomic E-state index is -1.08. The van der Waals surface area contributed by atoms with Crippen LogP contribution in [0.5, 0.6) is 0 Å². The number of hydrogen-bond acceptors (Lipinski definition) is 4. The number of halogens is 1. The maximum Gasteiger partial charge on any atom is 0.335 e. The van der Waals surface area contributed by atoms with Crippen molar-refractivity contribution in [2.75, 3.05) is 0 Å². The summed E-state index contributed by atoms with van der Waals surface area (Å²) in [5, 5.41) is 20.0. The maximum absolute atomic E-state index is 13.7. The number of hydrogen-bond donors (Lipinski definition) is 1. The monoisotopic (exact) mass is 298 g/mol. The van der Waals surface area contributed by atoms with Gasteiger partial charge in [-0.25, -0.2) is 13.9 Å². The molecule has 0 unspecified atom stereocenters. The SMILES string of the molecule is Cc1ccc(-c2cc(C(=O)O)cc(-n3cnnn3)c2)cc1F. The Kier molecular flexibility index (Phi) is 3.38. The van der Waals surface area contributed by atoms with Gasteiger partial charge in [-0.15, -0.1) is 5.10 Å². The van der Waals surface area contributed by atoms with Gasteiger partial charge in [-0.3, -0.25) is 0 Å². The molecule has 0 saturated carbocycles. The van der Waals surface area contributed by atoms with Crippen LogP contribution < -0.4 is 0 Å². The quantitative estimate of drug-likeness (QED) is 0.803. The summed E-state index contributed by atoms with van der Waals surface area (Å²) in [4.78, 5) is 11.3. The van der Waals surface area contributed by atoms with Crippen molar-refractivity contribution < 1.29 is 14.3 Å². The van der Waals surface area contributed by atoms with Crippen LogP contribution in [0.1, 0.15) is 15.9 Å². The molecule has 0 radical (unpaired) electrons. The second-order valence-corrected chi connectivity index (χ2v) is 4.79. The number of carbonyl (C=O) groups is 1. The van der Waals surface area contributed by atoms with Crippen LogP contribution >= 0.6 is 0 Å². The van der Waals surface area contributed by atoms with Crippen LogP contribution in [0.4, 0.5) is 4.39 Å². The van der Waals surface area contributed by atoms with Crippen molar-refractivity contribution in [3.63, 3.8) is 0 Å². The van der Waals surface area contributed by atoms with Crippen LogP contribution in [0.3, 0.4) is 0 Å². The summed E-state index contributed by atoms with van der Waals surface area (Å²) in [6.07, 6.45) is 1.36. The van der Waals surface area contributed by atoms with E-state index in [0.717, 1.165) is 0 Å². The highest BCUT2D eigenvalue weighted by atomic mass is 19.1. The average molecular weight is 298 g/mol. The predicted molar refractivity (Wildman–Crippen MR) is 76.2 cm³/mol. The molecule has 2 aromatic carbocycles. The first-order chi connectivity index (χ1) is 10.5. The summed E-state index contributed by atoms with van der Waals surface area (Å²) in [5.74, 6) is -1.43. The molecule has 0 aliphatic rings. The largest absolute Gasteiger partial charge is 0.478 e. The van der Waals surface area contributed by atoms with Gasteiger partial charge in [0.05, 0.1) is 11.3 Å². The molecule has 3 aromatic rings. The Balaban J connectivity index is 2.18. The summed E-state index contributed by atoms with van der Waals surface area (Å²) >= 11 is 0. The molecule has 1 aromatic heterocycles. The lowest BCUT2D eigenvalue weighted by Gasteiger charge is -2.08. The van der Waals surface area contributed by atoms with E-state index >= 15 is 0 Å². The van der Waals surface area contributed by atoms with E-state index in [1.807, 2.05) is 0 Å². The molecule has 0 saturated heterocycles. The van der Waals surface area contributed by atoms with Crippen molar-refractivity contribution in [1.82, 2.24) is 20.2 Å². The van der Waals surface area contributed by atoms with E-state index in [4.69, 9.17) is 0 Å². The Bertz CT molecular complexity index is 847.